The van der Waals surface area contributed by atoms with Gasteiger partial charge < -0.3 is 10.2 Å². The third-order valence-electron chi connectivity index (χ3n) is 5.91. The number of carbonyl (C=O) groups excluding carboxylic acids is 2. The maximum absolute atomic E-state index is 13.9. The highest BCUT2D eigenvalue weighted by molar-refractivity contribution is 9.10. The Bertz CT molecular complexity index is 1420. The van der Waals surface area contributed by atoms with Crippen molar-refractivity contribution in [2.24, 2.45) is 5.92 Å². The van der Waals surface area contributed by atoms with Gasteiger partial charge in [-0.15, -0.1) is 0 Å². The molecule has 7 nitrogen and oxygen atoms in total. The van der Waals surface area contributed by atoms with E-state index in [1.807, 2.05) is 13.8 Å². The largest absolute Gasteiger partial charge is 0.354 e. The molecule has 0 saturated heterocycles. The standard InChI is InChI=1S/C28H30BrCl2N3O4S/c1-19(2)16-32-28(36)20(3)33(17-21-12-13-23(30)15-26(21)31)27(35)18-34(24-9-7-8-22(29)14-24)39(37,38)25-10-5-4-6-11-25/h4-15,19-20H,16-18H2,1-3H3,(H,32,36)/t20-/m0/s1. The summed E-state index contributed by atoms with van der Waals surface area (Å²) >= 11 is 15.8. The number of nitrogens with one attached hydrogen (secondary N) is 1. The van der Waals surface area contributed by atoms with Gasteiger partial charge in [0.25, 0.3) is 10.0 Å². The van der Waals surface area contributed by atoms with Gasteiger partial charge in [-0.05, 0) is 60.9 Å². The van der Waals surface area contributed by atoms with E-state index in [1.165, 1.54) is 17.0 Å². The molecular weight excluding hydrogens is 625 g/mol. The van der Waals surface area contributed by atoms with Crippen LogP contribution in [-0.4, -0.2) is 44.3 Å². The van der Waals surface area contributed by atoms with Gasteiger partial charge in [0.1, 0.15) is 12.6 Å². The molecule has 0 radical (unpaired) electrons. The topological polar surface area (TPSA) is 86.8 Å². The number of amides is 2. The zero-order chi connectivity index (χ0) is 28.7. The molecule has 3 aromatic rings. The number of carbonyl (C=O) groups is 2. The van der Waals surface area contributed by atoms with Crippen LogP contribution in [-0.2, 0) is 26.2 Å². The molecule has 0 heterocycles. The summed E-state index contributed by atoms with van der Waals surface area (Å²) in [5.74, 6) is -0.728. The van der Waals surface area contributed by atoms with Crippen LogP contribution in [0.15, 0.2) is 82.2 Å². The van der Waals surface area contributed by atoms with E-state index in [4.69, 9.17) is 23.2 Å². The zero-order valence-electron chi connectivity index (χ0n) is 21.8. The molecule has 0 aliphatic heterocycles. The van der Waals surface area contributed by atoms with Crippen molar-refractivity contribution in [3.05, 3.63) is 92.9 Å². The van der Waals surface area contributed by atoms with E-state index >= 15 is 0 Å². The fourth-order valence-electron chi connectivity index (χ4n) is 3.75. The summed E-state index contributed by atoms with van der Waals surface area (Å²) in [6.45, 7) is 5.40. The first-order valence-electron chi connectivity index (χ1n) is 12.2. The molecule has 1 atom stereocenters. The molecule has 0 unspecified atom stereocenters. The predicted molar refractivity (Wildman–Crippen MR) is 159 cm³/mol. The molecule has 0 bridgehead atoms. The van der Waals surface area contributed by atoms with Gasteiger partial charge in [0.05, 0.1) is 10.6 Å². The molecule has 3 rings (SSSR count). The summed E-state index contributed by atoms with van der Waals surface area (Å²) in [5.41, 5.74) is 0.862. The number of hydrogen-bond donors (Lipinski definition) is 1. The molecule has 11 heteroatoms. The van der Waals surface area contributed by atoms with E-state index in [2.05, 4.69) is 21.2 Å². The Morgan fingerprint density at radius 2 is 1.64 bits per heavy atom. The molecule has 39 heavy (non-hydrogen) atoms. The quantitative estimate of drug-likeness (QED) is 0.269. The van der Waals surface area contributed by atoms with Crippen molar-refractivity contribution in [2.45, 2.75) is 38.3 Å². The van der Waals surface area contributed by atoms with Crippen LogP contribution in [0.3, 0.4) is 0 Å². The minimum Gasteiger partial charge on any atom is -0.354 e. The summed E-state index contributed by atoms with van der Waals surface area (Å²) in [6, 6.07) is 18.5. The van der Waals surface area contributed by atoms with Crippen LogP contribution in [0.1, 0.15) is 26.3 Å². The lowest BCUT2D eigenvalue weighted by atomic mass is 10.1. The van der Waals surface area contributed by atoms with Crippen molar-refractivity contribution >= 4 is 66.7 Å². The fourth-order valence-corrected chi connectivity index (χ4v) is 6.03. The Labute approximate surface area is 248 Å². The lowest BCUT2D eigenvalue weighted by Crippen LogP contribution is -2.51. The van der Waals surface area contributed by atoms with E-state index in [1.54, 1.807) is 67.6 Å². The van der Waals surface area contributed by atoms with Gasteiger partial charge in [0.2, 0.25) is 11.8 Å². The van der Waals surface area contributed by atoms with Gasteiger partial charge in [-0.2, -0.15) is 0 Å². The second-order valence-corrected chi connectivity index (χ2v) is 13.0. The van der Waals surface area contributed by atoms with Gasteiger partial charge in [-0.1, -0.05) is 83.3 Å². The first-order chi connectivity index (χ1) is 18.4. The number of nitrogens with zero attached hydrogens (tertiary/aromatic N) is 2. The molecular formula is C28H30BrCl2N3O4S. The van der Waals surface area contributed by atoms with Gasteiger partial charge in [0, 0.05) is 27.6 Å². The van der Waals surface area contributed by atoms with Crippen molar-refractivity contribution in [3.8, 4) is 0 Å². The van der Waals surface area contributed by atoms with Crippen LogP contribution in [0.2, 0.25) is 10.0 Å². The van der Waals surface area contributed by atoms with E-state index in [0.29, 0.717) is 32.3 Å². The van der Waals surface area contributed by atoms with Gasteiger partial charge in [0.15, 0.2) is 0 Å². The maximum atomic E-state index is 13.9. The van der Waals surface area contributed by atoms with Crippen LogP contribution in [0.4, 0.5) is 5.69 Å². The molecule has 0 saturated carbocycles. The number of hydrogen-bond acceptors (Lipinski definition) is 4. The highest BCUT2D eigenvalue weighted by Crippen LogP contribution is 2.28. The van der Waals surface area contributed by atoms with Crippen molar-refractivity contribution < 1.29 is 18.0 Å². The average Bonchev–Trinajstić information content (AvgIpc) is 2.89. The van der Waals surface area contributed by atoms with E-state index in [9.17, 15) is 18.0 Å². The van der Waals surface area contributed by atoms with Gasteiger partial charge >= 0.3 is 0 Å². The minimum atomic E-state index is -4.13. The predicted octanol–water partition coefficient (Wildman–Crippen LogP) is 6.14. The number of sulfonamides is 1. The third-order valence-corrected chi connectivity index (χ3v) is 8.78. The second kappa shape index (κ2) is 13.7. The van der Waals surface area contributed by atoms with Crippen LogP contribution < -0.4 is 9.62 Å². The Balaban J connectivity index is 2.02. The maximum Gasteiger partial charge on any atom is 0.264 e. The SMILES string of the molecule is CC(C)CNC(=O)[C@H](C)N(Cc1ccc(Cl)cc1Cl)C(=O)CN(c1cccc(Br)c1)S(=O)(=O)c1ccccc1. The molecule has 0 aliphatic rings. The first kappa shape index (κ1) is 30.9. The van der Waals surface area contributed by atoms with Gasteiger partial charge in [-0.3, -0.25) is 13.9 Å². The second-order valence-electron chi connectivity index (χ2n) is 9.38. The summed E-state index contributed by atoms with van der Waals surface area (Å²) in [5, 5.41) is 3.61. The lowest BCUT2D eigenvalue weighted by Gasteiger charge is -2.32. The summed E-state index contributed by atoms with van der Waals surface area (Å²) < 4.78 is 29.2. The molecule has 0 aliphatic carbocycles. The van der Waals surface area contributed by atoms with Crippen molar-refractivity contribution in [1.29, 1.82) is 0 Å². The molecule has 1 N–H and O–H groups in total. The van der Waals surface area contributed by atoms with Crippen LogP contribution in [0.25, 0.3) is 0 Å². The van der Waals surface area contributed by atoms with Crippen molar-refractivity contribution in [2.75, 3.05) is 17.4 Å². The van der Waals surface area contributed by atoms with Crippen molar-refractivity contribution in [1.82, 2.24) is 10.2 Å². The van der Waals surface area contributed by atoms with E-state index in [-0.39, 0.29) is 23.3 Å². The lowest BCUT2D eigenvalue weighted by molar-refractivity contribution is -0.139. The third kappa shape index (κ3) is 8.20. The molecule has 0 fully saturated rings. The van der Waals surface area contributed by atoms with E-state index in [0.717, 1.165) is 4.31 Å². The van der Waals surface area contributed by atoms with Gasteiger partial charge in [-0.25, -0.2) is 8.42 Å². The average molecular weight is 655 g/mol. The normalized spacial score (nSPS) is 12.2. The summed E-state index contributed by atoms with van der Waals surface area (Å²) in [7, 11) is -4.13. The first-order valence-corrected chi connectivity index (χ1v) is 15.2. The smallest absolute Gasteiger partial charge is 0.264 e. The molecule has 0 aromatic heterocycles. The Morgan fingerprint density at radius 3 is 2.26 bits per heavy atom. The number of halogens is 3. The number of anilines is 1. The number of benzene rings is 3. The van der Waals surface area contributed by atoms with E-state index < -0.39 is 28.5 Å². The molecule has 0 spiro atoms. The number of rotatable bonds is 11. The Hall–Kier alpha value is -2.59. The summed E-state index contributed by atoms with van der Waals surface area (Å²) in [4.78, 5) is 28.3. The van der Waals surface area contributed by atoms with Crippen LogP contribution >= 0.6 is 39.1 Å². The highest BCUT2D eigenvalue weighted by atomic mass is 79.9. The Kier molecular flexibility index (Phi) is 10.8. The van der Waals surface area contributed by atoms with Crippen LogP contribution in [0.5, 0.6) is 0 Å². The molecule has 208 valence electrons. The Morgan fingerprint density at radius 1 is 0.949 bits per heavy atom. The van der Waals surface area contributed by atoms with Crippen molar-refractivity contribution in [3.63, 3.8) is 0 Å². The molecule has 2 amide bonds. The summed E-state index contributed by atoms with van der Waals surface area (Å²) in [6.07, 6.45) is 0. The van der Waals surface area contributed by atoms with Crippen LogP contribution in [0, 0.1) is 5.92 Å². The highest BCUT2D eigenvalue weighted by Gasteiger charge is 2.32. The molecule has 3 aromatic carbocycles. The monoisotopic (exact) mass is 653 g/mol. The minimum absolute atomic E-state index is 0.0250. The zero-order valence-corrected chi connectivity index (χ0v) is 25.7. The fraction of sp³-hybridized carbons (Fsp3) is 0.286.